The first kappa shape index (κ1) is 71.8. The maximum Gasteiger partial charge on any atom is 1.00 e. The largest absolute Gasteiger partial charge is 1.00 e. The molecule has 0 aliphatic rings. The van der Waals surface area contributed by atoms with E-state index < -0.39 is 0 Å². The number of nitrogens with one attached hydrogen (secondary N) is 2. The van der Waals surface area contributed by atoms with Crippen molar-refractivity contribution in [3.05, 3.63) is 256 Å². The van der Waals surface area contributed by atoms with E-state index >= 15 is 0 Å². The molecule has 23 heteroatoms. The zero-order chi connectivity index (χ0) is 64.2. The van der Waals surface area contributed by atoms with Gasteiger partial charge in [-0.2, -0.15) is 0 Å². The molecule has 0 bridgehead atoms. The van der Waals surface area contributed by atoms with E-state index in [0.29, 0.717) is 51.5 Å². The van der Waals surface area contributed by atoms with E-state index in [0.717, 1.165) is 79.5 Å². The van der Waals surface area contributed by atoms with E-state index in [1.165, 1.54) is 41.9 Å². The number of esters is 3. The number of carbonyl (C=O) groups is 4. The van der Waals surface area contributed by atoms with E-state index in [9.17, 15) is 19.2 Å². The number of hydrogen-bond acceptors (Lipinski definition) is 21. The molecule has 0 aliphatic carbocycles. The molecule has 3 heterocycles. The molecule has 1 amide bonds. The van der Waals surface area contributed by atoms with Crippen LogP contribution in [0.4, 0.5) is 28.4 Å². The molecule has 0 spiro atoms. The Hall–Kier alpha value is -8.66. The Morgan fingerprint density at radius 3 is 1.15 bits per heavy atom. The smallest absolute Gasteiger partial charge is 0.870 e. The van der Waals surface area contributed by atoms with Crippen molar-refractivity contribution in [2.75, 3.05) is 49.2 Å². The second kappa shape index (κ2) is 35.4. The van der Waals surface area contributed by atoms with Crippen molar-refractivity contribution < 1.29 is 57.7 Å². The number of nitrogens with zero attached hydrogens (tertiary/aromatic N) is 3. The van der Waals surface area contributed by atoms with Crippen LogP contribution >= 0.6 is 69.3 Å². The number of hydrogen-bond donors (Lipinski definition) is 5. The Labute approximate surface area is 576 Å². The van der Waals surface area contributed by atoms with Crippen LogP contribution in [0.1, 0.15) is 74.8 Å². The predicted molar refractivity (Wildman–Crippen MR) is 380 cm³/mol. The molecule has 470 valence electrons. The molecule has 12 aromatic rings. The first-order valence-electron chi connectivity index (χ1n) is 28.2. The summed E-state index contributed by atoms with van der Waals surface area (Å²) in [4.78, 5) is 60.9. The van der Waals surface area contributed by atoms with Crippen LogP contribution in [-0.2, 0) is 38.0 Å². The van der Waals surface area contributed by atoms with Gasteiger partial charge >= 0.3 is 36.8 Å². The number of anilines is 5. The fraction of sp³-hybridized carbons (Fsp3) is 0.129. The number of rotatable bonds is 17. The zero-order valence-electron chi connectivity index (χ0n) is 51.7. The number of amides is 1. The van der Waals surface area contributed by atoms with Crippen molar-refractivity contribution in [2.24, 2.45) is 0 Å². The average Bonchev–Trinajstić information content (AvgIpc) is 1.87. The Morgan fingerprint density at radius 1 is 0.430 bits per heavy atom. The van der Waals surface area contributed by atoms with Crippen LogP contribution < -0.4 is 46.7 Å². The van der Waals surface area contributed by atoms with Crippen molar-refractivity contribution >= 4 is 152 Å². The summed E-state index contributed by atoms with van der Waals surface area (Å²) in [5.41, 5.74) is 32.5. The number of aromatic nitrogens is 3. The second-order valence-electron chi connectivity index (χ2n) is 20.2. The maximum atomic E-state index is 12.4. The minimum atomic E-state index is -0.336. The second-order valence-corrected chi connectivity index (χ2v) is 27.0. The van der Waals surface area contributed by atoms with E-state index in [1.807, 2.05) is 97.1 Å². The van der Waals surface area contributed by atoms with Crippen molar-refractivity contribution in [3.8, 4) is 0 Å². The van der Waals surface area contributed by atoms with Gasteiger partial charge in [0.15, 0.2) is 13.0 Å². The number of ether oxygens (including phenoxy) is 3. The van der Waals surface area contributed by atoms with E-state index in [1.54, 1.807) is 130 Å². The van der Waals surface area contributed by atoms with Gasteiger partial charge in [0.2, 0.25) is 0 Å². The van der Waals surface area contributed by atoms with Gasteiger partial charge in [0, 0.05) is 35.1 Å². The average molecular weight is 1350 g/mol. The molecule has 0 aliphatic heterocycles. The summed E-state index contributed by atoms with van der Waals surface area (Å²) in [7, 11) is 4.14. The fourth-order valence-corrected chi connectivity index (χ4v) is 14.8. The molecule has 0 atom stereocenters. The first-order chi connectivity index (χ1) is 44.1. The van der Waals surface area contributed by atoms with Crippen molar-refractivity contribution in [3.63, 3.8) is 0 Å². The summed E-state index contributed by atoms with van der Waals surface area (Å²) in [5.74, 6) is 1.28. The molecule has 0 saturated heterocycles. The van der Waals surface area contributed by atoms with E-state index in [4.69, 9.17) is 36.4 Å². The van der Waals surface area contributed by atoms with Crippen LogP contribution in [0.15, 0.2) is 213 Å². The third-order valence-electron chi connectivity index (χ3n) is 13.5. The maximum absolute atomic E-state index is 12.4. The van der Waals surface area contributed by atoms with Gasteiger partial charge in [-0.05, 0) is 162 Å². The molecule has 0 unspecified atom stereocenters. The number of thiazole rings is 3. The summed E-state index contributed by atoms with van der Waals surface area (Å²) >= 11 is 10.2. The summed E-state index contributed by atoms with van der Waals surface area (Å²) in [6.07, 6.45) is 0. The van der Waals surface area contributed by atoms with Gasteiger partial charge in [-0.15, -0.1) is 34.0 Å². The number of fused-ring (bicyclic) bond motifs is 3. The van der Waals surface area contributed by atoms with E-state index in [2.05, 4.69) is 76.9 Å². The topological polar surface area (TPSA) is 267 Å². The van der Waals surface area contributed by atoms with Crippen LogP contribution in [0.25, 0.3) is 30.6 Å². The summed E-state index contributed by atoms with van der Waals surface area (Å²) in [6.45, 7) is 4.83. The van der Waals surface area contributed by atoms with Gasteiger partial charge in [0.25, 0.3) is 5.91 Å². The molecular weight excluding hydrogens is 1280 g/mol. The van der Waals surface area contributed by atoms with Gasteiger partial charge in [0.1, 0.15) is 0 Å². The summed E-state index contributed by atoms with van der Waals surface area (Å²) in [5, 5.41) is 6.27. The number of methoxy groups -OCH3 is 3. The molecule has 3 aromatic heterocycles. The number of nitrogens with two attached hydrogens (primary N) is 3. The van der Waals surface area contributed by atoms with Gasteiger partial charge < -0.3 is 47.5 Å². The number of thioether (sulfide) groups is 3. The molecule has 12 rings (SSSR count). The van der Waals surface area contributed by atoms with Crippen molar-refractivity contribution in [1.82, 2.24) is 15.0 Å². The number of aryl methyl sites for hydroxylation is 2. The molecular formula is C70H65LiN8O8S6. The van der Waals surface area contributed by atoms with Gasteiger partial charge in [-0.25, -0.2) is 29.3 Å². The van der Waals surface area contributed by atoms with Gasteiger partial charge in [-0.3, -0.25) is 4.79 Å². The van der Waals surface area contributed by atoms with Crippen LogP contribution in [0.2, 0.25) is 0 Å². The summed E-state index contributed by atoms with van der Waals surface area (Å²) < 4.78 is 20.8. The molecule has 9 N–H and O–H groups in total. The first-order valence-corrected chi connectivity index (χ1v) is 33.6. The van der Waals surface area contributed by atoms with Crippen LogP contribution in [0.5, 0.6) is 0 Å². The third kappa shape index (κ3) is 20.9. The van der Waals surface area contributed by atoms with E-state index in [-0.39, 0.29) is 48.2 Å². The SMILES string of the molecule is COC(=O)c1ccc(CNc2ccc3nc(SCc4ccc(C(=O)OC)cc4)sc3c2)cc1.COC(=O)c1ccc(CSc2nc3ccc(C)cc3s2)cc1.Cc1ccc2nc(SCc3ccc(C(=O)Nc4ccccc4N)cc3)sc2c1.Nc1ccccc1N.[Li+].[OH-]. The zero-order valence-corrected chi connectivity index (χ0v) is 56.6. The normalized spacial score (nSPS) is 10.4. The van der Waals surface area contributed by atoms with Crippen LogP contribution in [0.3, 0.4) is 0 Å². The fourth-order valence-electron chi connectivity index (χ4n) is 8.51. The standard InChI is InChI=1S/C25H22N2O4S2.C22H19N3OS2.C17H15NO2S2.C6H8N2.Li.H2O/c1-30-23(28)18-7-3-16(4-8-18)14-26-20-11-12-21-22(13-20)33-25(27-21)32-15-17-5-9-19(10-6-17)24(29)31-2;1-14-6-11-19-20(12-14)28-22(25-19)27-13-15-7-9-16(10-8-15)21(26)24-18-5-3-2-4-17(18)23;1-11-3-8-14-15(9-11)22-17(18-14)21-10-12-4-6-13(7-5-12)16(19)20-2;7-5-3-1-2-4-6(5)8;;/h3-13,26H,14-15H2,1-2H3;2-12H,13,23H2,1H3,(H,24,26);3-9H,10H2,1-2H3;1-4H,7-8H2;;1H2/q;;;;+1;/p-1. The molecule has 9 aromatic carbocycles. The minimum absolute atomic E-state index is 0. The number of para-hydroxylation sites is 4. The number of nitrogen functional groups attached to an aromatic ring is 3. The summed E-state index contributed by atoms with van der Waals surface area (Å²) in [6, 6.07) is 63.2. The number of benzene rings is 9. The monoisotopic (exact) mass is 1340 g/mol. The Balaban J connectivity index is 0.000000187. The Kier molecular flexibility index (Phi) is 27.3. The van der Waals surface area contributed by atoms with Gasteiger partial charge in [0.05, 0.1) is 91.4 Å². The van der Waals surface area contributed by atoms with Crippen molar-refractivity contribution in [2.45, 2.75) is 50.7 Å². The van der Waals surface area contributed by atoms with Crippen LogP contribution in [0, 0.1) is 13.8 Å². The number of carbonyl (C=O) groups excluding carboxylic acids is 4. The Bertz CT molecular complexity index is 4370. The molecule has 0 saturated carbocycles. The van der Waals surface area contributed by atoms with Gasteiger partial charge in [-0.1, -0.05) is 120 Å². The molecule has 0 radical (unpaired) electrons. The third-order valence-corrected chi connectivity index (χ3v) is 20.2. The van der Waals surface area contributed by atoms with Crippen molar-refractivity contribution in [1.29, 1.82) is 0 Å². The Morgan fingerprint density at radius 2 is 0.774 bits per heavy atom. The predicted octanol–water partition coefficient (Wildman–Crippen LogP) is 13.9. The molecule has 0 fully saturated rings. The van der Waals surface area contributed by atoms with Crippen LogP contribution in [-0.4, -0.2) is 65.6 Å². The molecule has 93 heavy (non-hydrogen) atoms. The quantitative estimate of drug-likeness (QED) is 0.0186. The molecule has 16 nitrogen and oxygen atoms in total. The minimum Gasteiger partial charge on any atom is -0.870 e.